The van der Waals surface area contributed by atoms with E-state index >= 15 is 0 Å². The topological polar surface area (TPSA) is 109 Å². The van der Waals surface area contributed by atoms with E-state index in [1.54, 1.807) is 0 Å². The van der Waals surface area contributed by atoms with Gasteiger partial charge in [0.1, 0.15) is 6.17 Å². The number of allylic oxidation sites excluding steroid dienone is 4. The van der Waals surface area contributed by atoms with Gasteiger partial charge < -0.3 is 10.8 Å². The molecule has 1 aromatic rings. The van der Waals surface area contributed by atoms with E-state index in [0.29, 0.717) is 19.4 Å². The zero-order valence-corrected chi connectivity index (χ0v) is 18.2. The number of likely N-dealkylation sites (tertiary alicyclic amines) is 1. The van der Waals surface area contributed by atoms with Gasteiger partial charge in [-0.05, 0) is 50.5 Å². The Labute approximate surface area is 182 Å². The minimum atomic E-state index is -0.787. The van der Waals surface area contributed by atoms with Gasteiger partial charge in [0.25, 0.3) is 0 Å². The minimum Gasteiger partial charge on any atom is -0.480 e. The molecule has 3 N–H and O–H groups in total. The summed E-state index contributed by atoms with van der Waals surface area (Å²) in [5, 5.41) is 13.7. The Bertz CT molecular complexity index is 1010. The molecule has 3 aliphatic rings. The molecule has 0 spiro atoms. The second kappa shape index (κ2) is 9.11. The van der Waals surface area contributed by atoms with Gasteiger partial charge in [0.2, 0.25) is 0 Å². The number of rotatable bonds is 4. The Hall–Kier alpha value is -2.84. The van der Waals surface area contributed by atoms with Crippen molar-refractivity contribution in [2.24, 2.45) is 21.6 Å². The summed E-state index contributed by atoms with van der Waals surface area (Å²) >= 11 is 0. The molecular formula is C23H30N6O2. The highest BCUT2D eigenvalue weighted by Gasteiger charge is 2.31. The number of aliphatic imine (C=N–C) groups is 2. The first-order valence-electron chi connectivity index (χ1n) is 10.9. The molecule has 2 unspecified atom stereocenters. The van der Waals surface area contributed by atoms with Gasteiger partial charge in [-0.1, -0.05) is 12.2 Å². The maximum Gasteiger partial charge on any atom is 0.317 e. The number of aromatic nitrogens is 2. The van der Waals surface area contributed by atoms with E-state index in [1.165, 1.54) is 0 Å². The second-order valence-corrected chi connectivity index (χ2v) is 8.27. The number of aliphatic carboxylic acids is 1. The third kappa shape index (κ3) is 4.45. The maximum atomic E-state index is 11.1. The van der Waals surface area contributed by atoms with Gasteiger partial charge >= 0.3 is 5.97 Å². The van der Waals surface area contributed by atoms with Crippen molar-refractivity contribution >= 4 is 29.3 Å². The SMILES string of the molecule is C/C=C1/C=C(c2cnn3c2N=C(C2CCCN(CC(=O)O)C2)CC3N)CC=N/C1=C/C. The van der Waals surface area contributed by atoms with E-state index in [9.17, 15) is 4.79 Å². The molecule has 0 saturated carbocycles. The number of piperidine rings is 1. The highest BCUT2D eigenvalue weighted by molar-refractivity contribution is 5.93. The molecule has 31 heavy (non-hydrogen) atoms. The number of fused-ring (bicyclic) bond motifs is 1. The molecule has 0 bridgehead atoms. The van der Waals surface area contributed by atoms with Crippen LogP contribution >= 0.6 is 0 Å². The summed E-state index contributed by atoms with van der Waals surface area (Å²) in [6.45, 7) is 5.61. The molecule has 164 valence electrons. The standard InChI is InChI=1S/C23H30N6O2/c1-3-15-10-16(7-8-25-19(15)4-2)18-12-26-29-21(24)11-20(27-23(18)29)17-6-5-9-28(13-17)14-22(30)31/h3-4,8,10,12,17,21H,5-7,9,11,13-14,24H2,1-2H3,(H,30,31)/b15-3-,19-4+. The number of nitrogens with two attached hydrogens (primary N) is 1. The average molecular weight is 423 g/mol. The lowest BCUT2D eigenvalue weighted by Crippen LogP contribution is -2.42. The molecule has 1 aromatic heterocycles. The van der Waals surface area contributed by atoms with Gasteiger partial charge in [0.05, 0.1) is 18.4 Å². The number of hydrogen-bond acceptors (Lipinski definition) is 6. The van der Waals surface area contributed by atoms with Crippen LogP contribution in [-0.2, 0) is 4.79 Å². The van der Waals surface area contributed by atoms with E-state index in [2.05, 4.69) is 22.2 Å². The molecule has 1 fully saturated rings. The Morgan fingerprint density at radius 3 is 2.94 bits per heavy atom. The number of carbonyl (C=O) groups is 1. The highest BCUT2D eigenvalue weighted by Crippen LogP contribution is 2.37. The summed E-state index contributed by atoms with van der Waals surface area (Å²) in [7, 11) is 0. The molecular weight excluding hydrogens is 392 g/mol. The van der Waals surface area contributed by atoms with Crippen LogP contribution in [0.4, 0.5) is 5.82 Å². The Kier molecular flexibility index (Phi) is 6.29. The van der Waals surface area contributed by atoms with Crippen molar-refractivity contribution in [3.63, 3.8) is 0 Å². The first-order chi connectivity index (χ1) is 15.0. The summed E-state index contributed by atoms with van der Waals surface area (Å²) in [6.07, 6.45) is 13.1. The van der Waals surface area contributed by atoms with E-state index in [4.69, 9.17) is 15.8 Å². The monoisotopic (exact) mass is 422 g/mol. The van der Waals surface area contributed by atoms with Gasteiger partial charge in [0, 0.05) is 42.8 Å². The van der Waals surface area contributed by atoms with Crippen LogP contribution in [0, 0.1) is 5.92 Å². The third-order valence-electron chi connectivity index (χ3n) is 6.18. The molecule has 8 nitrogen and oxygen atoms in total. The molecule has 0 aromatic carbocycles. The van der Waals surface area contributed by atoms with Crippen LogP contribution in [-0.4, -0.2) is 57.3 Å². The van der Waals surface area contributed by atoms with E-state index in [-0.39, 0.29) is 18.6 Å². The van der Waals surface area contributed by atoms with Gasteiger partial charge in [-0.3, -0.25) is 14.7 Å². The molecule has 0 radical (unpaired) electrons. The first-order valence-corrected chi connectivity index (χ1v) is 10.9. The van der Waals surface area contributed by atoms with Crippen LogP contribution < -0.4 is 5.73 Å². The Balaban J connectivity index is 1.67. The van der Waals surface area contributed by atoms with Gasteiger partial charge in [0.15, 0.2) is 5.82 Å². The number of carboxylic acids is 1. The van der Waals surface area contributed by atoms with Gasteiger partial charge in [-0.15, -0.1) is 0 Å². The highest BCUT2D eigenvalue weighted by atomic mass is 16.4. The molecule has 2 atom stereocenters. The summed E-state index contributed by atoms with van der Waals surface area (Å²) < 4.78 is 1.81. The molecule has 4 rings (SSSR count). The van der Waals surface area contributed by atoms with Crippen molar-refractivity contribution in [1.82, 2.24) is 14.7 Å². The Morgan fingerprint density at radius 2 is 2.19 bits per heavy atom. The van der Waals surface area contributed by atoms with E-state index in [0.717, 1.165) is 53.3 Å². The molecule has 0 aliphatic carbocycles. The maximum absolute atomic E-state index is 11.1. The summed E-state index contributed by atoms with van der Waals surface area (Å²) in [4.78, 5) is 22.8. The van der Waals surface area contributed by atoms with Crippen molar-refractivity contribution in [2.45, 2.75) is 45.7 Å². The van der Waals surface area contributed by atoms with Crippen molar-refractivity contribution in [1.29, 1.82) is 0 Å². The van der Waals surface area contributed by atoms with Gasteiger partial charge in [-0.25, -0.2) is 9.67 Å². The van der Waals surface area contributed by atoms with Crippen LogP contribution in [0.25, 0.3) is 5.57 Å². The largest absolute Gasteiger partial charge is 0.480 e. The molecule has 1 saturated heterocycles. The average Bonchev–Trinajstić information content (AvgIpc) is 3.07. The molecule has 4 heterocycles. The van der Waals surface area contributed by atoms with Crippen molar-refractivity contribution in [3.8, 4) is 0 Å². The molecule has 0 amide bonds. The fourth-order valence-electron chi connectivity index (χ4n) is 4.64. The summed E-state index contributed by atoms with van der Waals surface area (Å²) in [5.41, 5.74) is 11.7. The van der Waals surface area contributed by atoms with Crippen LogP contribution in [0.3, 0.4) is 0 Å². The normalized spacial score (nSPS) is 27.1. The smallest absolute Gasteiger partial charge is 0.317 e. The fraction of sp³-hybridized carbons (Fsp3) is 0.478. The third-order valence-corrected chi connectivity index (χ3v) is 6.18. The fourth-order valence-corrected chi connectivity index (χ4v) is 4.64. The lowest BCUT2D eigenvalue weighted by Gasteiger charge is -2.34. The zero-order valence-electron chi connectivity index (χ0n) is 18.2. The predicted molar refractivity (Wildman–Crippen MR) is 123 cm³/mol. The van der Waals surface area contributed by atoms with Crippen LogP contribution in [0.1, 0.15) is 51.3 Å². The first kappa shape index (κ1) is 21.4. The van der Waals surface area contributed by atoms with Crippen LogP contribution in [0.2, 0.25) is 0 Å². The lowest BCUT2D eigenvalue weighted by molar-refractivity contribution is -0.138. The lowest BCUT2D eigenvalue weighted by atomic mass is 9.90. The Morgan fingerprint density at radius 1 is 1.35 bits per heavy atom. The number of hydrogen-bond donors (Lipinski definition) is 2. The summed E-state index contributed by atoms with van der Waals surface area (Å²) in [5.74, 6) is 0.231. The van der Waals surface area contributed by atoms with Gasteiger partial charge in [-0.2, -0.15) is 5.10 Å². The second-order valence-electron chi connectivity index (χ2n) is 8.27. The van der Waals surface area contributed by atoms with Crippen molar-refractivity contribution < 1.29 is 9.90 Å². The van der Waals surface area contributed by atoms with Crippen LogP contribution in [0.15, 0.2) is 45.7 Å². The predicted octanol–water partition coefficient (Wildman–Crippen LogP) is 3.32. The quantitative estimate of drug-likeness (QED) is 0.774. The summed E-state index contributed by atoms with van der Waals surface area (Å²) in [6, 6.07) is 0. The van der Waals surface area contributed by atoms with Crippen molar-refractivity contribution in [3.05, 3.63) is 41.3 Å². The van der Waals surface area contributed by atoms with E-state index in [1.807, 2.05) is 41.9 Å². The number of nitrogens with zero attached hydrogens (tertiary/aromatic N) is 5. The minimum absolute atomic E-state index is 0.0741. The van der Waals surface area contributed by atoms with E-state index < -0.39 is 5.97 Å². The number of carboxylic acid groups (broad SMARTS) is 1. The zero-order chi connectivity index (χ0) is 22.0. The molecule has 8 heteroatoms. The molecule has 3 aliphatic heterocycles. The van der Waals surface area contributed by atoms with Crippen molar-refractivity contribution in [2.75, 3.05) is 19.6 Å². The van der Waals surface area contributed by atoms with Crippen LogP contribution in [0.5, 0.6) is 0 Å².